The molecule has 1 aliphatic heterocycles. The Morgan fingerprint density at radius 1 is 1.53 bits per heavy atom. The summed E-state index contributed by atoms with van der Waals surface area (Å²) in [6.07, 6.45) is 0.121. The molecule has 1 aliphatic rings. The smallest absolute Gasteiger partial charge is 0.246 e. The summed E-state index contributed by atoms with van der Waals surface area (Å²) in [6.45, 7) is 6.58. The molecule has 0 bridgehead atoms. The molecule has 1 atom stereocenters. The van der Waals surface area contributed by atoms with Gasteiger partial charge in [-0.3, -0.25) is 19.8 Å². The Morgan fingerprint density at radius 3 is 2.80 bits per heavy atom. The molecule has 86 valence electrons. The second-order valence-electron chi connectivity index (χ2n) is 3.91. The van der Waals surface area contributed by atoms with E-state index < -0.39 is 0 Å². The topological polar surface area (TPSA) is 58.6 Å². The van der Waals surface area contributed by atoms with E-state index in [1.807, 2.05) is 13.8 Å². The summed E-state index contributed by atoms with van der Waals surface area (Å²) < 4.78 is 5.31. The first-order chi connectivity index (χ1) is 7.02. The number of nitrogens with zero attached hydrogens (tertiary/aromatic N) is 1. The number of piperazine rings is 1. The van der Waals surface area contributed by atoms with E-state index in [2.05, 4.69) is 5.32 Å². The van der Waals surface area contributed by atoms with Gasteiger partial charge in [0.25, 0.3) is 0 Å². The molecule has 1 heterocycles. The first kappa shape index (κ1) is 12.1. The first-order valence-corrected chi connectivity index (χ1v) is 5.21. The fourth-order valence-electron chi connectivity index (χ4n) is 1.39. The SMILES string of the molecule is CC(C)OCCN1C(=O)CNC(C)C1=O. The van der Waals surface area contributed by atoms with E-state index in [1.54, 1.807) is 6.92 Å². The zero-order chi connectivity index (χ0) is 11.4. The molecule has 1 N–H and O–H groups in total. The molecule has 5 nitrogen and oxygen atoms in total. The molecule has 0 aromatic rings. The maximum Gasteiger partial charge on any atom is 0.246 e. The van der Waals surface area contributed by atoms with Crippen molar-refractivity contribution < 1.29 is 14.3 Å². The van der Waals surface area contributed by atoms with Crippen molar-refractivity contribution in [3.05, 3.63) is 0 Å². The van der Waals surface area contributed by atoms with E-state index in [-0.39, 0.29) is 30.5 Å². The van der Waals surface area contributed by atoms with Crippen LogP contribution in [0.2, 0.25) is 0 Å². The fourth-order valence-corrected chi connectivity index (χ4v) is 1.39. The molecule has 15 heavy (non-hydrogen) atoms. The fraction of sp³-hybridized carbons (Fsp3) is 0.800. The number of carbonyl (C=O) groups is 2. The minimum Gasteiger partial charge on any atom is -0.377 e. The monoisotopic (exact) mass is 214 g/mol. The van der Waals surface area contributed by atoms with Crippen molar-refractivity contribution >= 4 is 11.8 Å². The Balaban J connectivity index is 2.43. The van der Waals surface area contributed by atoms with Crippen LogP contribution in [0.3, 0.4) is 0 Å². The van der Waals surface area contributed by atoms with Crippen LogP contribution in [0.15, 0.2) is 0 Å². The van der Waals surface area contributed by atoms with E-state index in [1.165, 1.54) is 4.90 Å². The van der Waals surface area contributed by atoms with E-state index in [0.717, 1.165) is 0 Å². The molecule has 0 spiro atoms. The maximum atomic E-state index is 11.6. The lowest BCUT2D eigenvalue weighted by Crippen LogP contribution is -2.57. The Labute approximate surface area is 89.8 Å². The van der Waals surface area contributed by atoms with Crippen molar-refractivity contribution in [2.75, 3.05) is 19.7 Å². The van der Waals surface area contributed by atoms with Gasteiger partial charge in [-0.15, -0.1) is 0 Å². The van der Waals surface area contributed by atoms with Gasteiger partial charge in [-0.25, -0.2) is 0 Å². The van der Waals surface area contributed by atoms with Gasteiger partial charge >= 0.3 is 0 Å². The van der Waals surface area contributed by atoms with Crippen LogP contribution in [0.5, 0.6) is 0 Å². The second-order valence-corrected chi connectivity index (χ2v) is 3.91. The predicted molar refractivity (Wildman–Crippen MR) is 55.3 cm³/mol. The summed E-state index contributed by atoms with van der Waals surface area (Å²) in [7, 11) is 0. The standard InChI is InChI=1S/C10H18N2O3/c1-7(2)15-5-4-12-9(13)6-11-8(3)10(12)14/h7-8,11H,4-6H2,1-3H3. The van der Waals surface area contributed by atoms with Crippen molar-refractivity contribution in [3.8, 4) is 0 Å². The van der Waals surface area contributed by atoms with Crippen molar-refractivity contribution in [1.29, 1.82) is 0 Å². The van der Waals surface area contributed by atoms with Gasteiger partial charge in [0.15, 0.2) is 0 Å². The Kier molecular flexibility index (Phi) is 4.23. The second kappa shape index (κ2) is 5.23. The van der Waals surface area contributed by atoms with Gasteiger partial charge in [0.1, 0.15) is 0 Å². The molecule has 1 saturated heterocycles. The van der Waals surface area contributed by atoms with Crippen LogP contribution < -0.4 is 5.32 Å². The third kappa shape index (κ3) is 3.28. The van der Waals surface area contributed by atoms with Crippen molar-refractivity contribution in [1.82, 2.24) is 10.2 Å². The number of amides is 2. The summed E-state index contributed by atoms with van der Waals surface area (Å²) >= 11 is 0. The molecule has 0 aromatic heterocycles. The summed E-state index contributed by atoms with van der Waals surface area (Å²) in [5.41, 5.74) is 0. The van der Waals surface area contributed by atoms with E-state index in [9.17, 15) is 9.59 Å². The highest BCUT2D eigenvalue weighted by Crippen LogP contribution is 2.02. The van der Waals surface area contributed by atoms with Gasteiger partial charge in [0.05, 0.1) is 31.8 Å². The van der Waals surface area contributed by atoms with Crippen molar-refractivity contribution in [3.63, 3.8) is 0 Å². The molecule has 0 saturated carbocycles. The molecule has 5 heteroatoms. The third-order valence-electron chi connectivity index (χ3n) is 2.26. The van der Waals surface area contributed by atoms with Crippen LogP contribution in [0.25, 0.3) is 0 Å². The lowest BCUT2D eigenvalue weighted by molar-refractivity contribution is -0.150. The van der Waals surface area contributed by atoms with Gasteiger partial charge in [-0.1, -0.05) is 0 Å². The Hall–Kier alpha value is -0.940. The molecule has 1 unspecified atom stereocenters. The predicted octanol–water partition coefficient (Wildman–Crippen LogP) is -0.242. The summed E-state index contributed by atoms with van der Waals surface area (Å²) in [5, 5.41) is 2.83. The van der Waals surface area contributed by atoms with Gasteiger partial charge in [-0.2, -0.15) is 0 Å². The van der Waals surface area contributed by atoms with Crippen LogP contribution in [0.1, 0.15) is 20.8 Å². The average molecular weight is 214 g/mol. The van der Waals surface area contributed by atoms with Crippen molar-refractivity contribution in [2.45, 2.75) is 32.9 Å². The van der Waals surface area contributed by atoms with Crippen LogP contribution in [0.4, 0.5) is 0 Å². The highest BCUT2D eigenvalue weighted by atomic mass is 16.5. The maximum absolute atomic E-state index is 11.6. The van der Waals surface area contributed by atoms with Gasteiger partial charge in [0.2, 0.25) is 11.8 Å². The van der Waals surface area contributed by atoms with Crippen LogP contribution >= 0.6 is 0 Å². The number of hydrogen-bond donors (Lipinski definition) is 1. The quantitative estimate of drug-likeness (QED) is 0.656. The summed E-state index contributed by atoms with van der Waals surface area (Å²) in [4.78, 5) is 24.3. The Bertz CT molecular complexity index is 253. The summed E-state index contributed by atoms with van der Waals surface area (Å²) in [5.74, 6) is -0.343. The molecule has 0 radical (unpaired) electrons. The van der Waals surface area contributed by atoms with Crippen LogP contribution in [0, 0.1) is 0 Å². The number of rotatable bonds is 4. The van der Waals surface area contributed by atoms with Gasteiger partial charge in [-0.05, 0) is 20.8 Å². The average Bonchev–Trinajstić information content (AvgIpc) is 2.17. The molecular weight excluding hydrogens is 196 g/mol. The highest BCUT2D eigenvalue weighted by Gasteiger charge is 2.30. The molecule has 0 aromatic carbocycles. The van der Waals surface area contributed by atoms with Crippen molar-refractivity contribution in [2.24, 2.45) is 0 Å². The lowest BCUT2D eigenvalue weighted by Gasteiger charge is -2.29. The lowest BCUT2D eigenvalue weighted by atomic mass is 10.2. The van der Waals surface area contributed by atoms with Crippen LogP contribution in [-0.2, 0) is 14.3 Å². The number of ether oxygens (including phenoxy) is 1. The zero-order valence-electron chi connectivity index (χ0n) is 9.45. The normalized spacial score (nSPS) is 22.7. The molecule has 1 rings (SSSR count). The zero-order valence-corrected chi connectivity index (χ0v) is 9.45. The van der Waals surface area contributed by atoms with Gasteiger partial charge in [0, 0.05) is 0 Å². The third-order valence-corrected chi connectivity index (χ3v) is 2.26. The molecule has 0 aliphatic carbocycles. The van der Waals surface area contributed by atoms with Crippen LogP contribution in [-0.4, -0.2) is 48.6 Å². The van der Waals surface area contributed by atoms with E-state index in [0.29, 0.717) is 13.2 Å². The summed E-state index contributed by atoms with van der Waals surface area (Å²) in [6, 6.07) is -0.276. The minimum atomic E-state index is -0.276. The number of nitrogens with one attached hydrogen (secondary N) is 1. The van der Waals surface area contributed by atoms with Gasteiger partial charge < -0.3 is 4.74 Å². The molecule has 1 fully saturated rings. The number of imide groups is 1. The molecular formula is C10H18N2O3. The highest BCUT2D eigenvalue weighted by molar-refractivity contribution is 6.00. The first-order valence-electron chi connectivity index (χ1n) is 5.21. The Morgan fingerprint density at radius 2 is 2.20 bits per heavy atom. The largest absolute Gasteiger partial charge is 0.377 e. The van der Waals surface area contributed by atoms with E-state index >= 15 is 0 Å². The molecule has 2 amide bonds. The number of carbonyl (C=O) groups excluding carboxylic acids is 2. The number of hydrogen-bond acceptors (Lipinski definition) is 4. The minimum absolute atomic E-state index is 0.121. The van der Waals surface area contributed by atoms with E-state index in [4.69, 9.17) is 4.74 Å².